The number of nitrogens with zero attached hydrogens (tertiary/aromatic N) is 2. The van der Waals surface area contributed by atoms with Crippen LogP contribution in [0.4, 0.5) is 11.4 Å². The van der Waals surface area contributed by atoms with E-state index in [1.54, 1.807) is 12.4 Å². The van der Waals surface area contributed by atoms with Crippen molar-refractivity contribution >= 4 is 17.3 Å². The Hall–Kier alpha value is -3.18. The summed E-state index contributed by atoms with van der Waals surface area (Å²) in [4.78, 5) is 19.6. The first-order chi connectivity index (χ1) is 16.7. The number of pyridine rings is 1. The zero-order chi connectivity index (χ0) is 23.6. The van der Waals surface area contributed by atoms with E-state index in [9.17, 15) is 4.79 Å². The van der Waals surface area contributed by atoms with Gasteiger partial charge in [-0.05, 0) is 79.8 Å². The third-order valence-corrected chi connectivity index (χ3v) is 6.56. The molecule has 3 aromatic rings. The summed E-state index contributed by atoms with van der Waals surface area (Å²) in [5.74, 6) is 0.0201. The van der Waals surface area contributed by atoms with Gasteiger partial charge in [0, 0.05) is 43.4 Å². The molecule has 2 heterocycles. The maximum absolute atomic E-state index is 13.5. The number of carbonyl (C=O) groups excluding carboxylic acids is 1. The lowest BCUT2D eigenvalue weighted by molar-refractivity contribution is 0.0986. The van der Waals surface area contributed by atoms with Crippen LogP contribution in [0.1, 0.15) is 59.2 Å². The van der Waals surface area contributed by atoms with Gasteiger partial charge in [0.05, 0.1) is 5.56 Å². The van der Waals surface area contributed by atoms with Crippen molar-refractivity contribution in [2.24, 2.45) is 0 Å². The lowest BCUT2D eigenvalue weighted by atomic mass is 10.1. The van der Waals surface area contributed by atoms with Crippen LogP contribution < -0.4 is 15.5 Å². The third-order valence-electron chi connectivity index (χ3n) is 6.56. The van der Waals surface area contributed by atoms with Gasteiger partial charge in [-0.15, -0.1) is 0 Å². The highest BCUT2D eigenvalue weighted by molar-refractivity contribution is 6.06. The van der Waals surface area contributed by atoms with E-state index >= 15 is 0 Å². The first-order valence-corrected chi connectivity index (χ1v) is 12.6. The number of hydrogen-bond acceptors (Lipinski definition) is 4. The molecule has 4 rings (SSSR count). The van der Waals surface area contributed by atoms with Gasteiger partial charge in [0.1, 0.15) is 0 Å². The Morgan fingerprint density at radius 2 is 1.88 bits per heavy atom. The molecule has 0 saturated carbocycles. The molecule has 0 aliphatic carbocycles. The number of benzene rings is 2. The highest BCUT2D eigenvalue weighted by atomic mass is 16.2. The molecule has 0 spiro atoms. The summed E-state index contributed by atoms with van der Waals surface area (Å²) in [6.45, 7) is 5.51. The molecule has 0 radical (unpaired) electrons. The lowest BCUT2D eigenvalue weighted by Gasteiger charge is -2.27. The summed E-state index contributed by atoms with van der Waals surface area (Å²) in [5.41, 5.74) is 6.57. The normalized spacial score (nSPS) is 15.0. The van der Waals surface area contributed by atoms with E-state index in [0.717, 1.165) is 62.4 Å². The zero-order valence-corrected chi connectivity index (χ0v) is 20.2. The summed E-state index contributed by atoms with van der Waals surface area (Å²) in [6, 6.07) is 18.6. The number of aryl methyl sites for hydroxylation is 1. The molecule has 1 aliphatic heterocycles. The van der Waals surface area contributed by atoms with Crippen LogP contribution in [-0.4, -0.2) is 30.5 Å². The Labute approximate surface area is 203 Å². The molecular weight excluding hydrogens is 420 g/mol. The Balaban J connectivity index is 1.55. The minimum absolute atomic E-state index is 0.0201. The number of anilines is 2. The Morgan fingerprint density at radius 1 is 1.03 bits per heavy atom. The first kappa shape index (κ1) is 24.0. The predicted molar refractivity (Wildman–Crippen MR) is 141 cm³/mol. The number of nitrogens with one attached hydrogen (secondary N) is 2. The summed E-state index contributed by atoms with van der Waals surface area (Å²) in [6.07, 6.45) is 10.2. The molecule has 0 saturated heterocycles. The monoisotopic (exact) mass is 456 g/mol. The van der Waals surface area contributed by atoms with Gasteiger partial charge in [-0.1, -0.05) is 43.5 Å². The van der Waals surface area contributed by atoms with Crippen LogP contribution in [0.3, 0.4) is 0 Å². The second-order valence-electron chi connectivity index (χ2n) is 9.09. The number of aromatic nitrogens is 1. The van der Waals surface area contributed by atoms with Crippen molar-refractivity contribution in [1.82, 2.24) is 10.3 Å². The van der Waals surface area contributed by atoms with Crippen LogP contribution in [0.2, 0.25) is 0 Å². The molecule has 2 aromatic carbocycles. The van der Waals surface area contributed by atoms with Crippen molar-refractivity contribution in [1.29, 1.82) is 0 Å². The molecule has 1 aliphatic rings. The number of fused-ring (bicyclic) bond motifs is 1. The summed E-state index contributed by atoms with van der Waals surface area (Å²) >= 11 is 0. The number of carbonyl (C=O) groups is 1. The topological polar surface area (TPSA) is 57.3 Å². The van der Waals surface area contributed by atoms with E-state index in [0.29, 0.717) is 5.56 Å². The fraction of sp³-hybridized carbons (Fsp3) is 0.379. The van der Waals surface area contributed by atoms with Crippen molar-refractivity contribution in [2.45, 2.75) is 52.0 Å². The van der Waals surface area contributed by atoms with Gasteiger partial charge in [0.2, 0.25) is 0 Å². The van der Waals surface area contributed by atoms with Gasteiger partial charge in [-0.3, -0.25) is 9.78 Å². The van der Waals surface area contributed by atoms with Crippen molar-refractivity contribution in [3.8, 4) is 0 Å². The average molecular weight is 457 g/mol. The molecule has 2 N–H and O–H groups in total. The molecule has 0 fully saturated rings. The molecule has 1 amide bonds. The van der Waals surface area contributed by atoms with E-state index < -0.39 is 0 Å². The van der Waals surface area contributed by atoms with E-state index in [1.807, 2.05) is 17.0 Å². The second kappa shape index (κ2) is 12.3. The Kier molecular flexibility index (Phi) is 8.69. The quantitative estimate of drug-likeness (QED) is 0.514. The van der Waals surface area contributed by atoms with E-state index in [-0.39, 0.29) is 5.91 Å². The largest absolute Gasteiger partial charge is 0.385 e. The molecule has 5 nitrogen and oxygen atoms in total. The summed E-state index contributed by atoms with van der Waals surface area (Å²) < 4.78 is 0. The van der Waals surface area contributed by atoms with Gasteiger partial charge < -0.3 is 15.5 Å². The molecule has 0 atom stereocenters. The Bertz CT molecular complexity index is 1070. The van der Waals surface area contributed by atoms with Crippen LogP contribution >= 0.6 is 0 Å². The zero-order valence-electron chi connectivity index (χ0n) is 20.2. The van der Waals surface area contributed by atoms with Crippen LogP contribution in [0, 0.1) is 6.92 Å². The number of hydrogen-bond donors (Lipinski definition) is 2. The minimum Gasteiger partial charge on any atom is -0.385 e. The fourth-order valence-electron chi connectivity index (χ4n) is 4.58. The van der Waals surface area contributed by atoms with Crippen molar-refractivity contribution in [2.75, 3.05) is 29.9 Å². The van der Waals surface area contributed by atoms with E-state index in [2.05, 4.69) is 65.0 Å². The maximum Gasteiger partial charge on any atom is 0.259 e. The average Bonchev–Trinajstić information content (AvgIpc) is 2.86. The van der Waals surface area contributed by atoms with Crippen molar-refractivity contribution in [3.05, 3.63) is 89.2 Å². The highest BCUT2D eigenvalue weighted by Crippen LogP contribution is 2.27. The molecule has 0 bridgehead atoms. The van der Waals surface area contributed by atoms with E-state index in [1.165, 1.54) is 30.4 Å². The van der Waals surface area contributed by atoms with E-state index in [4.69, 9.17) is 0 Å². The molecular formula is C29H36N4O. The van der Waals surface area contributed by atoms with Gasteiger partial charge in [0.15, 0.2) is 0 Å². The maximum atomic E-state index is 13.5. The van der Waals surface area contributed by atoms with Crippen LogP contribution in [0.15, 0.2) is 67.0 Å². The Morgan fingerprint density at radius 3 is 2.74 bits per heavy atom. The van der Waals surface area contributed by atoms with Gasteiger partial charge in [-0.2, -0.15) is 0 Å². The molecule has 1 aromatic heterocycles. The SMILES string of the molecule is Cc1ccccc1CCNc1ccc2c(c1)CNCCCCCCCN2C(=O)c1cccnc1. The standard InChI is InChI=1S/C29H36N4O/c1-23-10-5-6-11-24(23)15-18-32-27-13-14-28-26(20-27)22-30-16-7-3-2-4-8-19-33(28)29(34)25-12-9-17-31-21-25/h5-6,9-14,17,20-21,30,32H,2-4,7-8,15-16,18-19,22H2,1H3. The van der Waals surface area contributed by atoms with Crippen molar-refractivity contribution < 1.29 is 4.79 Å². The minimum atomic E-state index is 0.0201. The smallest absolute Gasteiger partial charge is 0.259 e. The van der Waals surface area contributed by atoms with Crippen LogP contribution in [0.25, 0.3) is 0 Å². The van der Waals surface area contributed by atoms with Gasteiger partial charge in [-0.25, -0.2) is 0 Å². The first-order valence-electron chi connectivity index (χ1n) is 12.6. The van der Waals surface area contributed by atoms with Crippen LogP contribution in [-0.2, 0) is 13.0 Å². The van der Waals surface area contributed by atoms with Crippen molar-refractivity contribution in [3.63, 3.8) is 0 Å². The fourth-order valence-corrected chi connectivity index (χ4v) is 4.58. The molecule has 5 heteroatoms. The lowest BCUT2D eigenvalue weighted by Crippen LogP contribution is -2.33. The molecule has 34 heavy (non-hydrogen) atoms. The van der Waals surface area contributed by atoms with Gasteiger partial charge >= 0.3 is 0 Å². The molecule has 0 unspecified atom stereocenters. The predicted octanol–water partition coefficient (Wildman–Crippen LogP) is 5.75. The highest BCUT2D eigenvalue weighted by Gasteiger charge is 2.21. The second-order valence-corrected chi connectivity index (χ2v) is 9.09. The van der Waals surface area contributed by atoms with Crippen LogP contribution in [0.5, 0.6) is 0 Å². The third kappa shape index (κ3) is 6.45. The summed E-state index contributed by atoms with van der Waals surface area (Å²) in [5, 5.41) is 7.19. The number of rotatable bonds is 5. The van der Waals surface area contributed by atoms with Gasteiger partial charge in [0.25, 0.3) is 5.91 Å². The summed E-state index contributed by atoms with van der Waals surface area (Å²) in [7, 11) is 0. The molecule has 178 valence electrons. The number of amides is 1.